The first kappa shape index (κ1) is 16.4. The Hall–Kier alpha value is -0.990. The predicted octanol–water partition coefficient (Wildman–Crippen LogP) is 2.60. The van der Waals surface area contributed by atoms with E-state index >= 15 is 0 Å². The maximum Gasteiger partial charge on any atom is 0.404 e. The first-order chi connectivity index (χ1) is 9.43. The molecule has 1 aliphatic heterocycles. The zero-order valence-corrected chi connectivity index (χ0v) is 11.2. The summed E-state index contributed by atoms with van der Waals surface area (Å²) in [7, 11) is 0. The van der Waals surface area contributed by atoms with Gasteiger partial charge in [-0.1, -0.05) is 12.8 Å². The molecule has 1 saturated heterocycles. The van der Waals surface area contributed by atoms with Crippen LogP contribution in [-0.2, 0) is 4.79 Å². The van der Waals surface area contributed by atoms with Gasteiger partial charge in [0.25, 0.3) is 0 Å². The molecule has 2 aliphatic rings. The van der Waals surface area contributed by atoms with Gasteiger partial charge in [0.1, 0.15) is 0 Å². The monoisotopic (exact) mass is 318 g/mol. The molecule has 0 unspecified atom stereocenters. The molecule has 0 aromatic heterocycles. The summed E-state index contributed by atoms with van der Waals surface area (Å²) in [5, 5.41) is 0. The minimum absolute atomic E-state index is 0.299. The topological polar surface area (TPSA) is 46.3 Å². The second-order valence-corrected chi connectivity index (χ2v) is 5.92. The number of likely N-dealkylation sites (tertiary alicyclic amines) is 1. The van der Waals surface area contributed by atoms with Gasteiger partial charge in [0.2, 0.25) is 5.91 Å². The second kappa shape index (κ2) is 4.76. The van der Waals surface area contributed by atoms with E-state index in [4.69, 9.17) is 5.73 Å². The lowest BCUT2D eigenvalue weighted by atomic mass is 9.85. The largest absolute Gasteiger partial charge is 0.404 e. The summed E-state index contributed by atoms with van der Waals surface area (Å²) in [6.45, 7) is -1.96. The average Bonchev–Trinajstić information content (AvgIpc) is 2.93. The van der Waals surface area contributed by atoms with E-state index in [1.165, 1.54) is 0 Å². The van der Waals surface area contributed by atoms with E-state index in [0.717, 1.165) is 0 Å². The van der Waals surface area contributed by atoms with E-state index in [2.05, 4.69) is 0 Å². The van der Waals surface area contributed by atoms with Crippen LogP contribution in [0.2, 0.25) is 0 Å². The van der Waals surface area contributed by atoms with Crippen LogP contribution < -0.4 is 5.73 Å². The molecule has 3 nitrogen and oxygen atoms in total. The van der Waals surface area contributed by atoms with Crippen molar-refractivity contribution >= 4 is 5.91 Å². The van der Waals surface area contributed by atoms with Crippen molar-refractivity contribution in [1.82, 2.24) is 4.90 Å². The van der Waals surface area contributed by atoms with Gasteiger partial charge in [-0.15, -0.1) is 0 Å². The summed E-state index contributed by atoms with van der Waals surface area (Å²) in [6.07, 6.45) is -10.2. The van der Waals surface area contributed by atoms with Crippen LogP contribution >= 0.6 is 0 Å². The lowest BCUT2D eigenvalue weighted by molar-refractivity contribution is -0.334. The maximum atomic E-state index is 12.9. The molecule has 1 heterocycles. The number of carbonyl (C=O) groups excluding carboxylic acids is 1. The van der Waals surface area contributed by atoms with Crippen molar-refractivity contribution in [1.29, 1.82) is 0 Å². The summed E-state index contributed by atoms with van der Waals surface area (Å²) >= 11 is 0. The van der Waals surface area contributed by atoms with Crippen LogP contribution in [-0.4, -0.2) is 41.8 Å². The number of carbonyl (C=O) groups is 1. The van der Waals surface area contributed by atoms with Crippen LogP contribution in [0.4, 0.5) is 26.3 Å². The summed E-state index contributed by atoms with van der Waals surface area (Å²) in [4.78, 5) is 12.8. The Labute approximate surface area is 117 Å². The van der Waals surface area contributed by atoms with E-state index in [0.29, 0.717) is 30.6 Å². The highest BCUT2D eigenvalue weighted by Gasteiger charge is 2.73. The zero-order valence-electron chi connectivity index (χ0n) is 11.2. The lowest BCUT2D eigenvalue weighted by Crippen LogP contribution is -2.56. The summed E-state index contributed by atoms with van der Waals surface area (Å²) in [5.74, 6) is -0.796. The number of nitrogens with zero attached hydrogens (tertiary/aromatic N) is 1. The molecule has 0 spiro atoms. The molecule has 0 aromatic rings. The molecule has 0 bridgehead atoms. The molecule has 0 aromatic carbocycles. The highest BCUT2D eigenvalue weighted by atomic mass is 19.4. The fraction of sp³-hybridized carbons (Fsp3) is 0.917. The molecule has 2 fully saturated rings. The first-order valence-corrected chi connectivity index (χ1v) is 6.65. The van der Waals surface area contributed by atoms with Gasteiger partial charge in [0.15, 0.2) is 5.41 Å². The quantitative estimate of drug-likeness (QED) is 0.756. The molecular weight excluding hydrogens is 302 g/mol. The Balaban J connectivity index is 2.23. The van der Waals surface area contributed by atoms with Gasteiger partial charge in [-0.3, -0.25) is 4.79 Å². The van der Waals surface area contributed by atoms with Gasteiger partial charge in [-0.2, -0.15) is 26.3 Å². The van der Waals surface area contributed by atoms with Gasteiger partial charge in [0.05, 0.1) is 5.54 Å². The van der Waals surface area contributed by atoms with Gasteiger partial charge < -0.3 is 10.6 Å². The fourth-order valence-corrected chi connectivity index (χ4v) is 3.14. The molecule has 0 radical (unpaired) electrons. The van der Waals surface area contributed by atoms with Crippen molar-refractivity contribution in [3.8, 4) is 0 Å². The fourth-order valence-electron chi connectivity index (χ4n) is 3.14. The van der Waals surface area contributed by atoms with Crippen LogP contribution in [0.25, 0.3) is 0 Å². The number of halogens is 6. The van der Waals surface area contributed by atoms with Crippen LogP contribution in [0.15, 0.2) is 0 Å². The van der Waals surface area contributed by atoms with E-state index in [-0.39, 0.29) is 0 Å². The highest BCUT2D eigenvalue weighted by Crippen LogP contribution is 2.55. The van der Waals surface area contributed by atoms with Gasteiger partial charge >= 0.3 is 12.4 Å². The molecule has 1 saturated carbocycles. The van der Waals surface area contributed by atoms with Crippen LogP contribution in [0.5, 0.6) is 0 Å². The lowest BCUT2D eigenvalue weighted by Gasteiger charge is -2.34. The Morgan fingerprint density at radius 1 is 0.952 bits per heavy atom. The second-order valence-electron chi connectivity index (χ2n) is 5.92. The molecule has 1 aliphatic carbocycles. The van der Waals surface area contributed by atoms with Crippen LogP contribution in [0.1, 0.15) is 32.1 Å². The molecule has 1 amide bonds. The smallest absolute Gasteiger partial charge is 0.340 e. The molecule has 9 heteroatoms. The third-order valence-corrected chi connectivity index (χ3v) is 4.56. The standard InChI is InChI=1S/C12H16F6N2O/c13-11(14,15)10(12(16,17)18)5-6-20(7-10)8(21)9(19)3-1-2-4-9/h1-7,19H2. The number of rotatable bonds is 1. The average molecular weight is 318 g/mol. The van der Waals surface area contributed by atoms with Gasteiger partial charge in [-0.05, 0) is 19.3 Å². The van der Waals surface area contributed by atoms with E-state index < -0.39 is 48.7 Å². The highest BCUT2D eigenvalue weighted by molar-refractivity contribution is 5.86. The Morgan fingerprint density at radius 2 is 1.43 bits per heavy atom. The third-order valence-electron chi connectivity index (χ3n) is 4.56. The predicted molar refractivity (Wildman–Crippen MR) is 61.1 cm³/mol. The van der Waals surface area contributed by atoms with Crippen molar-refractivity contribution in [3.05, 3.63) is 0 Å². The molecule has 122 valence electrons. The van der Waals surface area contributed by atoms with Crippen LogP contribution in [0, 0.1) is 5.41 Å². The van der Waals surface area contributed by atoms with Crippen molar-refractivity contribution in [2.45, 2.75) is 50.0 Å². The van der Waals surface area contributed by atoms with E-state index in [1.54, 1.807) is 0 Å². The van der Waals surface area contributed by atoms with Crippen LogP contribution in [0.3, 0.4) is 0 Å². The molecule has 0 atom stereocenters. The minimum atomic E-state index is -5.45. The number of hydrogen-bond donors (Lipinski definition) is 1. The molecule has 2 rings (SSSR count). The third kappa shape index (κ3) is 2.49. The normalized spacial score (nSPS) is 25.4. The van der Waals surface area contributed by atoms with Gasteiger partial charge in [-0.25, -0.2) is 0 Å². The summed E-state index contributed by atoms with van der Waals surface area (Å²) in [5.41, 5.74) is 0.681. The summed E-state index contributed by atoms with van der Waals surface area (Å²) < 4.78 is 77.6. The Bertz CT molecular complexity index is 410. The van der Waals surface area contributed by atoms with Crippen molar-refractivity contribution in [2.75, 3.05) is 13.1 Å². The molecule has 21 heavy (non-hydrogen) atoms. The Kier molecular flexibility index (Phi) is 3.71. The minimum Gasteiger partial charge on any atom is -0.340 e. The molecular formula is C12H16F6N2O. The summed E-state index contributed by atoms with van der Waals surface area (Å²) in [6, 6.07) is 0. The van der Waals surface area contributed by atoms with Gasteiger partial charge in [0, 0.05) is 13.1 Å². The van der Waals surface area contributed by atoms with Crippen molar-refractivity contribution in [2.24, 2.45) is 11.1 Å². The number of nitrogens with two attached hydrogens (primary N) is 1. The SMILES string of the molecule is NC1(C(=O)N2CCC(C(F)(F)F)(C(F)(F)F)C2)CCCC1. The molecule has 2 N–H and O–H groups in total. The zero-order chi connectivity index (χ0) is 16.1. The maximum absolute atomic E-state index is 12.9. The van der Waals surface area contributed by atoms with Crippen molar-refractivity contribution < 1.29 is 31.1 Å². The number of hydrogen-bond acceptors (Lipinski definition) is 2. The van der Waals surface area contributed by atoms with E-state index in [9.17, 15) is 31.1 Å². The Morgan fingerprint density at radius 3 is 1.81 bits per heavy atom. The van der Waals surface area contributed by atoms with Crippen molar-refractivity contribution in [3.63, 3.8) is 0 Å². The first-order valence-electron chi connectivity index (χ1n) is 6.65. The number of amides is 1. The number of alkyl halides is 6. The van der Waals surface area contributed by atoms with E-state index in [1.807, 2.05) is 0 Å².